The molecule has 0 radical (unpaired) electrons. The Balaban J connectivity index is 1.83. The van der Waals surface area contributed by atoms with Crippen molar-refractivity contribution in [1.82, 2.24) is 4.90 Å². The molecular formula is C19H26Cl2N2O2. The quantitative estimate of drug-likeness (QED) is 0.750. The number of amides is 2. The predicted molar refractivity (Wildman–Crippen MR) is 103 cm³/mol. The van der Waals surface area contributed by atoms with Crippen LogP contribution in [-0.4, -0.2) is 30.3 Å². The maximum Gasteiger partial charge on any atom is 0.227 e. The smallest absolute Gasteiger partial charge is 0.227 e. The molecule has 2 amide bonds. The van der Waals surface area contributed by atoms with Gasteiger partial charge in [0.1, 0.15) is 0 Å². The molecule has 138 valence electrons. The highest BCUT2D eigenvalue weighted by molar-refractivity contribution is 6.42. The van der Waals surface area contributed by atoms with E-state index in [-0.39, 0.29) is 23.7 Å². The van der Waals surface area contributed by atoms with Gasteiger partial charge in [-0.2, -0.15) is 0 Å². The molecule has 25 heavy (non-hydrogen) atoms. The molecule has 1 N–H and O–H groups in total. The molecule has 0 unspecified atom stereocenters. The van der Waals surface area contributed by atoms with E-state index in [2.05, 4.69) is 12.2 Å². The number of carbonyl (C=O) groups excluding carboxylic acids is 2. The van der Waals surface area contributed by atoms with Gasteiger partial charge in [-0.05, 0) is 50.3 Å². The van der Waals surface area contributed by atoms with Crippen LogP contribution in [0, 0.1) is 11.8 Å². The normalized spacial score (nSPS) is 20.2. The van der Waals surface area contributed by atoms with Gasteiger partial charge in [0.15, 0.2) is 0 Å². The van der Waals surface area contributed by atoms with E-state index in [1.165, 1.54) is 0 Å². The Morgan fingerprint density at radius 1 is 1.12 bits per heavy atom. The Morgan fingerprint density at radius 2 is 1.76 bits per heavy atom. The minimum Gasteiger partial charge on any atom is -0.346 e. The Bertz CT molecular complexity index is 613. The zero-order chi connectivity index (χ0) is 18.4. The van der Waals surface area contributed by atoms with Crippen LogP contribution in [0.25, 0.3) is 0 Å². The molecule has 0 saturated heterocycles. The van der Waals surface area contributed by atoms with Gasteiger partial charge in [0, 0.05) is 31.1 Å². The molecule has 0 aromatic heterocycles. The average molecular weight is 385 g/mol. The molecule has 1 aliphatic carbocycles. The summed E-state index contributed by atoms with van der Waals surface area (Å²) >= 11 is 11.9. The van der Waals surface area contributed by atoms with Crippen LogP contribution in [0.3, 0.4) is 0 Å². The number of hydrogen-bond donors (Lipinski definition) is 1. The number of carbonyl (C=O) groups is 2. The van der Waals surface area contributed by atoms with Gasteiger partial charge in [-0.25, -0.2) is 0 Å². The van der Waals surface area contributed by atoms with E-state index in [4.69, 9.17) is 23.2 Å². The third-order valence-electron chi connectivity index (χ3n) is 4.86. The first-order chi connectivity index (χ1) is 11.9. The van der Waals surface area contributed by atoms with Gasteiger partial charge in [-0.15, -0.1) is 0 Å². The summed E-state index contributed by atoms with van der Waals surface area (Å²) in [5.41, 5.74) is 0.650. The fourth-order valence-corrected chi connectivity index (χ4v) is 3.54. The molecule has 2 rings (SSSR count). The van der Waals surface area contributed by atoms with Gasteiger partial charge in [0.05, 0.1) is 10.0 Å². The fourth-order valence-electron chi connectivity index (χ4n) is 3.24. The summed E-state index contributed by atoms with van der Waals surface area (Å²) in [5.74, 6) is 0.204. The summed E-state index contributed by atoms with van der Waals surface area (Å²) in [6, 6.07) is 5.06. The Morgan fingerprint density at radius 3 is 2.36 bits per heavy atom. The van der Waals surface area contributed by atoms with Gasteiger partial charge < -0.3 is 10.2 Å². The molecular weight excluding hydrogens is 359 g/mol. The van der Waals surface area contributed by atoms with Crippen LogP contribution < -0.4 is 5.32 Å². The number of nitrogens with zero attached hydrogens (tertiary/aromatic N) is 1. The van der Waals surface area contributed by atoms with Crippen molar-refractivity contribution in [2.45, 2.75) is 45.4 Å². The van der Waals surface area contributed by atoms with Gasteiger partial charge in [-0.1, -0.05) is 36.5 Å². The topological polar surface area (TPSA) is 49.4 Å². The van der Waals surface area contributed by atoms with Crippen LogP contribution in [0.5, 0.6) is 0 Å². The second-order valence-corrected chi connectivity index (χ2v) is 7.59. The third kappa shape index (κ3) is 5.61. The Labute approximate surface area is 159 Å². The van der Waals surface area contributed by atoms with Crippen LogP contribution in [0.15, 0.2) is 18.2 Å². The van der Waals surface area contributed by atoms with Crippen molar-refractivity contribution in [2.75, 3.05) is 18.9 Å². The van der Waals surface area contributed by atoms with Crippen molar-refractivity contribution in [3.05, 3.63) is 28.2 Å². The minimum absolute atomic E-state index is 0.0105. The zero-order valence-electron chi connectivity index (χ0n) is 14.9. The van der Waals surface area contributed by atoms with E-state index in [0.29, 0.717) is 15.7 Å². The van der Waals surface area contributed by atoms with Crippen LogP contribution in [-0.2, 0) is 9.59 Å². The van der Waals surface area contributed by atoms with Gasteiger partial charge >= 0.3 is 0 Å². The van der Waals surface area contributed by atoms with Crippen LogP contribution in [0.4, 0.5) is 5.69 Å². The lowest BCUT2D eigenvalue weighted by molar-refractivity contribution is -0.136. The van der Waals surface area contributed by atoms with E-state index in [0.717, 1.165) is 45.1 Å². The second kappa shape index (κ2) is 9.44. The van der Waals surface area contributed by atoms with Crippen LogP contribution in [0.2, 0.25) is 10.0 Å². The van der Waals surface area contributed by atoms with Crippen molar-refractivity contribution in [3.63, 3.8) is 0 Å². The molecule has 0 heterocycles. The molecule has 4 nitrogen and oxygen atoms in total. The number of hydrogen-bond acceptors (Lipinski definition) is 2. The molecule has 1 aromatic carbocycles. The predicted octanol–water partition coefficient (Wildman–Crippen LogP) is 5.00. The molecule has 1 aromatic rings. The van der Waals surface area contributed by atoms with Crippen molar-refractivity contribution in [3.8, 4) is 0 Å². The molecule has 6 heteroatoms. The maximum atomic E-state index is 12.4. The van der Waals surface area contributed by atoms with Gasteiger partial charge in [-0.3, -0.25) is 9.59 Å². The lowest BCUT2D eigenvalue weighted by atomic mass is 9.81. The molecule has 0 aliphatic heterocycles. The lowest BCUT2D eigenvalue weighted by Crippen LogP contribution is -2.37. The standard InChI is InChI=1S/C19H26Cl2N2O2/c1-3-4-11-23(2)19(25)14-7-5-13(6-8-14)18(24)22-15-9-10-16(20)17(21)12-15/h9-10,12-14H,3-8,11H2,1-2H3,(H,22,24). The largest absolute Gasteiger partial charge is 0.346 e. The van der Waals surface area contributed by atoms with Crippen LogP contribution in [0.1, 0.15) is 45.4 Å². The van der Waals surface area contributed by atoms with E-state index in [1.807, 2.05) is 11.9 Å². The number of rotatable bonds is 6. The minimum atomic E-state index is -0.0561. The number of benzene rings is 1. The first-order valence-electron chi connectivity index (χ1n) is 8.93. The molecule has 1 fully saturated rings. The zero-order valence-corrected chi connectivity index (χ0v) is 16.4. The summed E-state index contributed by atoms with van der Waals surface area (Å²) in [5, 5.41) is 3.78. The van der Waals surface area contributed by atoms with Crippen molar-refractivity contribution < 1.29 is 9.59 Å². The highest BCUT2D eigenvalue weighted by Crippen LogP contribution is 2.31. The fraction of sp³-hybridized carbons (Fsp3) is 0.579. The molecule has 1 aliphatic rings. The SMILES string of the molecule is CCCCN(C)C(=O)C1CCC(C(=O)Nc2ccc(Cl)c(Cl)c2)CC1. The summed E-state index contributed by atoms with van der Waals surface area (Å²) in [7, 11) is 1.88. The highest BCUT2D eigenvalue weighted by Gasteiger charge is 2.31. The number of anilines is 1. The molecule has 0 atom stereocenters. The number of halogens is 2. The average Bonchev–Trinajstić information content (AvgIpc) is 2.62. The summed E-state index contributed by atoms with van der Waals surface area (Å²) in [6.45, 7) is 2.93. The van der Waals surface area contributed by atoms with Gasteiger partial charge in [0.25, 0.3) is 0 Å². The summed E-state index contributed by atoms with van der Waals surface area (Å²) in [6.07, 6.45) is 5.14. The van der Waals surface area contributed by atoms with Gasteiger partial charge in [0.2, 0.25) is 11.8 Å². The van der Waals surface area contributed by atoms with Crippen molar-refractivity contribution in [1.29, 1.82) is 0 Å². The molecule has 0 spiro atoms. The van der Waals surface area contributed by atoms with E-state index < -0.39 is 0 Å². The van der Waals surface area contributed by atoms with E-state index >= 15 is 0 Å². The van der Waals surface area contributed by atoms with Crippen molar-refractivity contribution in [2.24, 2.45) is 11.8 Å². The molecule has 0 bridgehead atoms. The molecule has 1 saturated carbocycles. The third-order valence-corrected chi connectivity index (χ3v) is 5.60. The first kappa shape index (κ1) is 20.1. The number of unbranched alkanes of at least 4 members (excludes halogenated alkanes) is 1. The first-order valence-corrected chi connectivity index (χ1v) is 9.68. The summed E-state index contributed by atoms with van der Waals surface area (Å²) in [4.78, 5) is 26.7. The van der Waals surface area contributed by atoms with E-state index in [1.54, 1.807) is 18.2 Å². The Kier molecular flexibility index (Phi) is 7.57. The monoisotopic (exact) mass is 384 g/mol. The maximum absolute atomic E-state index is 12.4. The lowest BCUT2D eigenvalue weighted by Gasteiger charge is -2.30. The van der Waals surface area contributed by atoms with E-state index in [9.17, 15) is 9.59 Å². The number of nitrogens with one attached hydrogen (secondary N) is 1. The van der Waals surface area contributed by atoms with Crippen LogP contribution >= 0.6 is 23.2 Å². The Hall–Kier alpha value is -1.26. The van der Waals surface area contributed by atoms with Crippen molar-refractivity contribution >= 4 is 40.7 Å². The highest BCUT2D eigenvalue weighted by atomic mass is 35.5. The second-order valence-electron chi connectivity index (χ2n) is 6.78. The summed E-state index contributed by atoms with van der Waals surface area (Å²) < 4.78 is 0.